The number of anilines is 1. The lowest BCUT2D eigenvalue weighted by Crippen LogP contribution is -2.18. The molecule has 160 valence electrons. The van der Waals surface area contributed by atoms with Gasteiger partial charge >= 0.3 is 6.09 Å². The van der Waals surface area contributed by atoms with Crippen molar-refractivity contribution in [3.05, 3.63) is 48.0 Å². The Morgan fingerprint density at radius 3 is 2.55 bits per heavy atom. The molecular formula is C25H27N3O3. The van der Waals surface area contributed by atoms with Crippen molar-refractivity contribution in [3.63, 3.8) is 0 Å². The maximum Gasteiger partial charge on any atom is 0.411 e. The molecule has 6 heteroatoms. The third-order valence-electron chi connectivity index (χ3n) is 5.71. The molecule has 0 aliphatic heterocycles. The zero-order chi connectivity index (χ0) is 22.0. The molecule has 1 fully saturated rings. The van der Waals surface area contributed by atoms with Crippen LogP contribution in [0.25, 0.3) is 22.2 Å². The van der Waals surface area contributed by atoms with Crippen LogP contribution in [0.1, 0.15) is 44.7 Å². The maximum absolute atomic E-state index is 11.9. The molecule has 1 N–H and O–H groups in total. The van der Waals surface area contributed by atoms with Gasteiger partial charge in [0.25, 0.3) is 0 Å². The summed E-state index contributed by atoms with van der Waals surface area (Å²) >= 11 is 0. The Kier molecular flexibility index (Phi) is 5.85. The number of amides is 1. The number of ether oxygens (including phenoxy) is 2. The van der Waals surface area contributed by atoms with Gasteiger partial charge < -0.3 is 14.0 Å². The van der Waals surface area contributed by atoms with Crippen LogP contribution in [0, 0.1) is 17.2 Å². The lowest BCUT2D eigenvalue weighted by atomic mass is 9.92. The third kappa shape index (κ3) is 4.09. The summed E-state index contributed by atoms with van der Waals surface area (Å²) in [5.74, 6) is 1.02. The van der Waals surface area contributed by atoms with Gasteiger partial charge in [0.05, 0.1) is 30.5 Å². The van der Waals surface area contributed by atoms with Gasteiger partial charge in [-0.3, -0.25) is 5.32 Å². The first kappa shape index (κ1) is 20.8. The van der Waals surface area contributed by atoms with Gasteiger partial charge in [-0.15, -0.1) is 0 Å². The van der Waals surface area contributed by atoms with E-state index < -0.39 is 6.09 Å². The van der Waals surface area contributed by atoms with Crippen LogP contribution in [-0.2, 0) is 4.74 Å². The molecular weight excluding hydrogens is 390 g/mol. The standard InChI is InChI=1S/C25H27N3O3/c1-16(2)15-31-25(29)27-18-9-7-17(8-10-18)24-22(14-26)21-13-20(30-3)11-12-23(21)28(24)19-5-4-6-19/h7-13,16,19H,4-6,15H2,1-3H3,(H,27,29). The minimum Gasteiger partial charge on any atom is -0.497 e. The predicted octanol–water partition coefficient (Wildman–Crippen LogP) is 6.12. The zero-order valence-corrected chi connectivity index (χ0v) is 18.1. The zero-order valence-electron chi connectivity index (χ0n) is 18.1. The van der Waals surface area contributed by atoms with E-state index in [1.54, 1.807) is 7.11 Å². The van der Waals surface area contributed by atoms with Crippen molar-refractivity contribution in [2.45, 2.75) is 39.2 Å². The molecule has 0 unspecified atom stereocenters. The highest BCUT2D eigenvalue weighted by Gasteiger charge is 2.27. The highest BCUT2D eigenvalue weighted by atomic mass is 16.5. The molecule has 1 amide bonds. The molecule has 4 rings (SSSR count). The summed E-state index contributed by atoms with van der Waals surface area (Å²) in [4.78, 5) is 11.9. The van der Waals surface area contributed by atoms with E-state index in [0.29, 0.717) is 23.9 Å². The smallest absolute Gasteiger partial charge is 0.411 e. The average Bonchev–Trinajstić information content (AvgIpc) is 3.04. The number of hydrogen-bond acceptors (Lipinski definition) is 4. The van der Waals surface area contributed by atoms with Crippen LogP contribution in [0.4, 0.5) is 10.5 Å². The van der Waals surface area contributed by atoms with E-state index in [-0.39, 0.29) is 5.92 Å². The van der Waals surface area contributed by atoms with Gasteiger partial charge in [0.15, 0.2) is 0 Å². The number of nitrogens with one attached hydrogen (secondary N) is 1. The Balaban J connectivity index is 1.72. The molecule has 2 aromatic carbocycles. The van der Waals surface area contributed by atoms with Crippen molar-refractivity contribution in [1.82, 2.24) is 4.57 Å². The fraction of sp³-hybridized carbons (Fsp3) is 0.360. The average molecular weight is 418 g/mol. The summed E-state index contributed by atoms with van der Waals surface area (Å²) < 4.78 is 12.9. The molecule has 0 atom stereocenters. The summed E-state index contributed by atoms with van der Waals surface area (Å²) in [6, 6.07) is 16.3. The minimum absolute atomic E-state index is 0.282. The highest BCUT2D eigenvalue weighted by Crippen LogP contribution is 2.43. The van der Waals surface area contributed by atoms with E-state index in [1.165, 1.54) is 6.42 Å². The number of carbonyl (C=O) groups excluding carboxylic acids is 1. The number of hydrogen-bond donors (Lipinski definition) is 1. The predicted molar refractivity (Wildman–Crippen MR) is 121 cm³/mol. The molecule has 1 aromatic heterocycles. The molecule has 1 heterocycles. The normalized spacial score (nSPS) is 13.6. The van der Waals surface area contributed by atoms with Crippen LogP contribution in [0.3, 0.4) is 0 Å². The molecule has 0 bridgehead atoms. The quantitative estimate of drug-likeness (QED) is 0.524. The molecule has 0 spiro atoms. The number of carbonyl (C=O) groups is 1. The van der Waals surface area contributed by atoms with Gasteiger partial charge in [0.2, 0.25) is 0 Å². The van der Waals surface area contributed by atoms with Crippen LogP contribution in [0.15, 0.2) is 42.5 Å². The van der Waals surface area contributed by atoms with Crippen molar-refractivity contribution in [2.75, 3.05) is 19.0 Å². The Morgan fingerprint density at radius 2 is 1.97 bits per heavy atom. The van der Waals surface area contributed by atoms with E-state index in [1.807, 2.05) is 56.3 Å². The number of benzene rings is 2. The lowest BCUT2D eigenvalue weighted by molar-refractivity contribution is 0.147. The molecule has 1 aliphatic rings. The van der Waals surface area contributed by atoms with E-state index in [4.69, 9.17) is 9.47 Å². The summed E-state index contributed by atoms with van der Waals surface area (Å²) in [5.41, 5.74) is 4.22. The highest BCUT2D eigenvalue weighted by molar-refractivity contribution is 5.96. The Morgan fingerprint density at radius 1 is 1.23 bits per heavy atom. The molecule has 0 saturated heterocycles. The Hall–Kier alpha value is -3.46. The SMILES string of the molecule is COc1ccc2c(c1)c(C#N)c(-c1ccc(NC(=O)OCC(C)C)cc1)n2C1CCC1. The van der Waals surface area contributed by atoms with Crippen LogP contribution < -0.4 is 10.1 Å². The number of rotatable bonds is 6. The van der Waals surface area contributed by atoms with Crippen LogP contribution in [-0.4, -0.2) is 24.4 Å². The maximum atomic E-state index is 11.9. The first-order valence-electron chi connectivity index (χ1n) is 10.7. The van der Waals surface area contributed by atoms with Crippen molar-refractivity contribution >= 4 is 22.7 Å². The lowest BCUT2D eigenvalue weighted by Gasteiger charge is -2.30. The molecule has 31 heavy (non-hydrogen) atoms. The van der Waals surface area contributed by atoms with Gasteiger partial charge in [-0.1, -0.05) is 26.0 Å². The number of fused-ring (bicyclic) bond motifs is 1. The van der Waals surface area contributed by atoms with Gasteiger partial charge in [-0.2, -0.15) is 5.26 Å². The van der Waals surface area contributed by atoms with E-state index in [0.717, 1.165) is 40.8 Å². The number of nitriles is 1. The fourth-order valence-electron chi connectivity index (χ4n) is 3.95. The van der Waals surface area contributed by atoms with Crippen LogP contribution >= 0.6 is 0 Å². The fourth-order valence-corrected chi connectivity index (χ4v) is 3.95. The van der Waals surface area contributed by atoms with Gasteiger partial charge in [0.1, 0.15) is 11.8 Å². The van der Waals surface area contributed by atoms with Crippen molar-refractivity contribution in [2.24, 2.45) is 5.92 Å². The molecule has 0 radical (unpaired) electrons. The summed E-state index contributed by atoms with van der Waals surface area (Å²) in [5, 5.41) is 13.7. The van der Waals surface area contributed by atoms with Gasteiger partial charge in [0, 0.05) is 17.1 Å². The molecule has 3 aromatic rings. The van der Waals surface area contributed by atoms with E-state index >= 15 is 0 Å². The number of nitrogens with zero attached hydrogens (tertiary/aromatic N) is 2. The first-order valence-corrected chi connectivity index (χ1v) is 10.7. The van der Waals surface area contributed by atoms with E-state index in [9.17, 15) is 10.1 Å². The summed E-state index contributed by atoms with van der Waals surface area (Å²) in [6.45, 7) is 4.36. The summed E-state index contributed by atoms with van der Waals surface area (Å²) in [7, 11) is 1.63. The third-order valence-corrected chi connectivity index (χ3v) is 5.71. The second kappa shape index (κ2) is 8.73. The van der Waals surface area contributed by atoms with Crippen molar-refractivity contribution < 1.29 is 14.3 Å². The number of methoxy groups -OCH3 is 1. The van der Waals surface area contributed by atoms with E-state index in [2.05, 4.69) is 16.0 Å². The summed E-state index contributed by atoms with van der Waals surface area (Å²) in [6.07, 6.45) is 2.95. The van der Waals surface area contributed by atoms with Gasteiger partial charge in [-0.25, -0.2) is 4.79 Å². The Bertz CT molecular complexity index is 1140. The first-order chi connectivity index (χ1) is 15.0. The second-order valence-electron chi connectivity index (χ2n) is 8.37. The molecule has 1 saturated carbocycles. The van der Waals surface area contributed by atoms with Crippen LogP contribution in [0.2, 0.25) is 0 Å². The monoisotopic (exact) mass is 417 g/mol. The number of aromatic nitrogens is 1. The Labute approximate surface area is 182 Å². The molecule has 1 aliphatic carbocycles. The van der Waals surface area contributed by atoms with Crippen molar-refractivity contribution in [3.8, 4) is 23.1 Å². The van der Waals surface area contributed by atoms with Gasteiger partial charge in [-0.05, 0) is 61.1 Å². The topological polar surface area (TPSA) is 76.3 Å². The molecule has 6 nitrogen and oxygen atoms in total. The second-order valence-corrected chi connectivity index (χ2v) is 8.37. The minimum atomic E-state index is -0.463. The largest absolute Gasteiger partial charge is 0.497 e. The van der Waals surface area contributed by atoms with Crippen LogP contribution in [0.5, 0.6) is 5.75 Å². The van der Waals surface area contributed by atoms with Crippen molar-refractivity contribution in [1.29, 1.82) is 5.26 Å².